The molecule has 0 spiro atoms. The van der Waals surface area contributed by atoms with Crippen LogP contribution in [-0.2, 0) is 4.79 Å². The lowest BCUT2D eigenvalue weighted by Crippen LogP contribution is -2.28. The van der Waals surface area contributed by atoms with Crippen LogP contribution in [0.5, 0.6) is 11.5 Å². The van der Waals surface area contributed by atoms with Crippen molar-refractivity contribution >= 4 is 40.3 Å². The van der Waals surface area contributed by atoms with Gasteiger partial charge in [0.05, 0.1) is 18.1 Å². The van der Waals surface area contributed by atoms with Gasteiger partial charge in [0.2, 0.25) is 0 Å². The molecule has 0 aromatic heterocycles. The molecule has 1 amide bonds. The highest BCUT2D eigenvalue weighted by Gasteiger charge is 2.31. The van der Waals surface area contributed by atoms with Crippen molar-refractivity contribution in [3.63, 3.8) is 0 Å². The van der Waals surface area contributed by atoms with Crippen LogP contribution < -0.4 is 9.47 Å². The number of amides is 1. The Morgan fingerprint density at radius 2 is 2.00 bits per heavy atom. The third-order valence-electron chi connectivity index (χ3n) is 3.66. The Hall–Kier alpha value is -1.53. The van der Waals surface area contributed by atoms with Crippen LogP contribution >= 0.6 is 24.0 Å². The Bertz CT molecular complexity index is 658. The standard InChI is InChI=1S/C19H25NO3S2/c1-4-7-11-20-18(21)16(25-19(20)24)13-14-9-8-10-15(22-6-3)17(14)23-12-5-2/h8-10,13H,4-7,11-12H2,1-3H3. The van der Waals surface area contributed by atoms with Gasteiger partial charge in [-0.1, -0.05) is 56.4 Å². The van der Waals surface area contributed by atoms with E-state index in [0.717, 1.165) is 24.8 Å². The number of carbonyl (C=O) groups excluding carboxylic acids is 1. The van der Waals surface area contributed by atoms with E-state index in [9.17, 15) is 4.79 Å². The summed E-state index contributed by atoms with van der Waals surface area (Å²) in [7, 11) is 0. The molecule has 1 aromatic carbocycles. The van der Waals surface area contributed by atoms with E-state index in [1.54, 1.807) is 4.90 Å². The van der Waals surface area contributed by atoms with Gasteiger partial charge in [0.15, 0.2) is 11.5 Å². The van der Waals surface area contributed by atoms with E-state index >= 15 is 0 Å². The predicted molar refractivity (Wildman–Crippen MR) is 108 cm³/mol. The van der Waals surface area contributed by atoms with Crippen LogP contribution in [0.2, 0.25) is 0 Å². The SMILES string of the molecule is CCCCN1C(=O)C(=Cc2cccc(OCC)c2OCCC)SC1=S. The number of nitrogens with zero attached hydrogens (tertiary/aromatic N) is 1. The second-order valence-electron chi connectivity index (χ2n) is 5.64. The molecule has 0 bridgehead atoms. The lowest BCUT2D eigenvalue weighted by molar-refractivity contribution is -0.122. The highest BCUT2D eigenvalue weighted by Crippen LogP contribution is 2.37. The lowest BCUT2D eigenvalue weighted by atomic mass is 10.1. The number of hydrogen-bond acceptors (Lipinski definition) is 5. The van der Waals surface area contributed by atoms with E-state index in [2.05, 4.69) is 13.8 Å². The molecule has 1 fully saturated rings. The van der Waals surface area contributed by atoms with E-state index < -0.39 is 0 Å². The van der Waals surface area contributed by atoms with Crippen molar-refractivity contribution in [3.05, 3.63) is 28.7 Å². The maximum Gasteiger partial charge on any atom is 0.266 e. The third-order valence-corrected chi connectivity index (χ3v) is 5.03. The normalized spacial score (nSPS) is 16.0. The summed E-state index contributed by atoms with van der Waals surface area (Å²) in [6.07, 6.45) is 4.74. The number of para-hydroxylation sites is 1. The molecule has 25 heavy (non-hydrogen) atoms. The quantitative estimate of drug-likeness (QED) is 0.452. The average Bonchev–Trinajstić information content (AvgIpc) is 2.86. The van der Waals surface area contributed by atoms with Crippen LogP contribution in [0.1, 0.15) is 45.6 Å². The average molecular weight is 380 g/mol. The first-order valence-corrected chi connectivity index (χ1v) is 9.98. The Labute approximate surface area is 159 Å². The lowest BCUT2D eigenvalue weighted by Gasteiger charge is -2.14. The molecule has 0 atom stereocenters. The predicted octanol–water partition coefficient (Wildman–Crippen LogP) is 4.88. The number of carbonyl (C=O) groups is 1. The Morgan fingerprint density at radius 1 is 1.20 bits per heavy atom. The molecule has 1 heterocycles. The van der Waals surface area contributed by atoms with Crippen molar-refractivity contribution in [1.82, 2.24) is 4.90 Å². The van der Waals surface area contributed by atoms with E-state index in [4.69, 9.17) is 21.7 Å². The summed E-state index contributed by atoms with van der Waals surface area (Å²) in [6, 6.07) is 5.73. The van der Waals surface area contributed by atoms with Crippen LogP contribution in [-0.4, -0.2) is 34.9 Å². The van der Waals surface area contributed by atoms with Gasteiger partial charge in [-0.2, -0.15) is 0 Å². The van der Waals surface area contributed by atoms with Crippen molar-refractivity contribution in [2.45, 2.75) is 40.0 Å². The van der Waals surface area contributed by atoms with Crippen molar-refractivity contribution in [1.29, 1.82) is 0 Å². The maximum absolute atomic E-state index is 12.6. The van der Waals surface area contributed by atoms with E-state index in [1.807, 2.05) is 31.2 Å². The molecule has 0 unspecified atom stereocenters. The number of thioether (sulfide) groups is 1. The number of rotatable bonds is 9. The second kappa shape index (κ2) is 9.82. The van der Waals surface area contributed by atoms with E-state index in [0.29, 0.717) is 40.5 Å². The zero-order chi connectivity index (χ0) is 18.2. The van der Waals surface area contributed by atoms with Gasteiger partial charge in [-0.15, -0.1) is 0 Å². The molecule has 0 aliphatic carbocycles. The monoisotopic (exact) mass is 379 g/mol. The molecule has 2 rings (SSSR count). The summed E-state index contributed by atoms with van der Waals surface area (Å²) >= 11 is 6.72. The van der Waals surface area contributed by atoms with Gasteiger partial charge in [-0.25, -0.2) is 0 Å². The molecule has 0 N–H and O–H groups in total. The molecule has 0 radical (unpaired) electrons. The smallest absolute Gasteiger partial charge is 0.266 e. The molecule has 4 nitrogen and oxygen atoms in total. The van der Waals surface area contributed by atoms with Gasteiger partial charge >= 0.3 is 0 Å². The first-order chi connectivity index (χ1) is 12.1. The molecule has 1 aliphatic heterocycles. The fourth-order valence-electron chi connectivity index (χ4n) is 2.42. The van der Waals surface area contributed by atoms with Gasteiger partial charge in [-0.05, 0) is 31.9 Å². The number of benzene rings is 1. The summed E-state index contributed by atoms with van der Waals surface area (Å²) in [5.74, 6) is 1.36. The summed E-state index contributed by atoms with van der Waals surface area (Å²) in [4.78, 5) is 15.0. The highest BCUT2D eigenvalue weighted by molar-refractivity contribution is 8.26. The zero-order valence-corrected chi connectivity index (χ0v) is 16.7. The van der Waals surface area contributed by atoms with Gasteiger partial charge < -0.3 is 9.47 Å². The maximum atomic E-state index is 12.6. The number of thiocarbonyl (C=S) groups is 1. The van der Waals surface area contributed by atoms with E-state index in [1.165, 1.54) is 11.8 Å². The minimum Gasteiger partial charge on any atom is -0.490 e. The molecular weight excluding hydrogens is 354 g/mol. The molecule has 1 aromatic rings. The Kier molecular flexibility index (Phi) is 7.78. The van der Waals surface area contributed by atoms with Gasteiger partial charge in [-0.3, -0.25) is 9.69 Å². The summed E-state index contributed by atoms with van der Waals surface area (Å²) in [5, 5.41) is 0. The van der Waals surface area contributed by atoms with Crippen LogP contribution in [0.25, 0.3) is 6.08 Å². The Balaban J connectivity index is 2.31. The van der Waals surface area contributed by atoms with Crippen molar-refractivity contribution in [3.8, 4) is 11.5 Å². The molecule has 1 saturated heterocycles. The van der Waals surface area contributed by atoms with Crippen LogP contribution in [0, 0.1) is 0 Å². The fourth-order valence-corrected chi connectivity index (χ4v) is 3.72. The van der Waals surface area contributed by atoms with Crippen LogP contribution in [0.15, 0.2) is 23.1 Å². The number of hydrogen-bond donors (Lipinski definition) is 0. The van der Waals surface area contributed by atoms with Crippen LogP contribution in [0.3, 0.4) is 0 Å². The largest absolute Gasteiger partial charge is 0.490 e. The van der Waals surface area contributed by atoms with Crippen molar-refractivity contribution < 1.29 is 14.3 Å². The van der Waals surface area contributed by atoms with Gasteiger partial charge in [0, 0.05) is 12.1 Å². The number of ether oxygens (including phenoxy) is 2. The fraction of sp³-hybridized carbons (Fsp3) is 0.474. The topological polar surface area (TPSA) is 38.8 Å². The minimum atomic E-state index is -0.0216. The summed E-state index contributed by atoms with van der Waals surface area (Å²) in [5.41, 5.74) is 0.843. The number of unbranched alkanes of at least 4 members (excludes halogenated alkanes) is 1. The first kappa shape index (κ1) is 19.8. The first-order valence-electron chi connectivity index (χ1n) is 8.76. The molecule has 136 valence electrons. The highest BCUT2D eigenvalue weighted by atomic mass is 32.2. The van der Waals surface area contributed by atoms with Gasteiger partial charge in [0.1, 0.15) is 4.32 Å². The minimum absolute atomic E-state index is 0.0216. The molecular formula is C19H25NO3S2. The van der Waals surface area contributed by atoms with Crippen LogP contribution in [0.4, 0.5) is 0 Å². The summed E-state index contributed by atoms with van der Waals surface area (Å²) in [6.45, 7) is 7.94. The Morgan fingerprint density at radius 3 is 2.68 bits per heavy atom. The molecule has 0 saturated carbocycles. The molecule has 6 heteroatoms. The third kappa shape index (κ3) is 4.98. The van der Waals surface area contributed by atoms with Gasteiger partial charge in [0.25, 0.3) is 5.91 Å². The zero-order valence-electron chi connectivity index (χ0n) is 15.0. The van der Waals surface area contributed by atoms with Crippen molar-refractivity contribution in [2.24, 2.45) is 0 Å². The summed E-state index contributed by atoms with van der Waals surface area (Å²) < 4.78 is 12.2. The second-order valence-corrected chi connectivity index (χ2v) is 7.32. The molecule has 1 aliphatic rings. The van der Waals surface area contributed by atoms with Crippen molar-refractivity contribution in [2.75, 3.05) is 19.8 Å². The van der Waals surface area contributed by atoms with E-state index in [-0.39, 0.29) is 5.91 Å².